The van der Waals surface area contributed by atoms with Crippen LogP contribution in [0.25, 0.3) is 0 Å². The molecule has 0 aromatic heterocycles. The lowest BCUT2D eigenvalue weighted by atomic mass is 9.77. The quantitative estimate of drug-likeness (QED) is 0.464. The second kappa shape index (κ2) is 10.7. The topological polar surface area (TPSA) is 78.9 Å². The number of likely N-dealkylation sites (tertiary alicyclic amines) is 1. The maximum atomic E-state index is 14.1. The van der Waals surface area contributed by atoms with Crippen LogP contribution in [0, 0.1) is 5.92 Å². The summed E-state index contributed by atoms with van der Waals surface area (Å²) in [6.07, 6.45) is -0.351. The van der Waals surface area contributed by atoms with Crippen LogP contribution in [0.5, 0.6) is 5.75 Å². The Morgan fingerprint density at radius 1 is 1.18 bits per heavy atom. The van der Waals surface area contributed by atoms with Gasteiger partial charge in [-0.2, -0.15) is 13.2 Å². The summed E-state index contributed by atoms with van der Waals surface area (Å²) in [6.45, 7) is 2.39. The second-order valence-corrected chi connectivity index (χ2v) is 10.4. The van der Waals surface area contributed by atoms with Crippen LogP contribution in [0.15, 0.2) is 48.1 Å². The molecule has 2 N–H and O–H groups in total. The van der Waals surface area contributed by atoms with Gasteiger partial charge in [-0.25, -0.2) is 13.6 Å². The first kappa shape index (κ1) is 28.1. The molecule has 1 aromatic rings. The number of alkyl halides is 5. The van der Waals surface area contributed by atoms with Crippen LogP contribution in [-0.4, -0.2) is 58.6 Å². The molecule has 3 atom stereocenters. The first-order chi connectivity index (χ1) is 17.8. The molecule has 1 aliphatic heterocycles. The van der Waals surface area contributed by atoms with Crippen LogP contribution >= 0.6 is 0 Å². The van der Waals surface area contributed by atoms with Crippen LogP contribution in [0.3, 0.4) is 0 Å². The minimum Gasteiger partial charge on any atom is -0.489 e. The highest BCUT2D eigenvalue weighted by atomic mass is 19.4. The molecule has 11 heteroatoms. The number of carboxylic acids is 1. The van der Waals surface area contributed by atoms with Crippen LogP contribution in [0.4, 0.5) is 22.0 Å². The highest BCUT2D eigenvalue weighted by molar-refractivity contribution is 5.90. The molecule has 1 saturated carbocycles. The number of halogens is 5. The molecule has 1 amide bonds. The Labute approximate surface area is 217 Å². The van der Waals surface area contributed by atoms with Crippen molar-refractivity contribution in [2.24, 2.45) is 5.92 Å². The third kappa shape index (κ3) is 6.19. The number of aliphatic carboxylic acids is 1. The highest BCUT2D eigenvalue weighted by Crippen LogP contribution is 2.43. The Bertz CT molecular complexity index is 1110. The molecule has 2 aliphatic carbocycles. The number of amides is 1. The summed E-state index contributed by atoms with van der Waals surface area (Å²) in [5, 5.41) is 12.1. The third-order valence-electron chi connectivity index (χ3n) is 7.83. The molecule has 1 aromatic carbocycles. The number of carbonyl (C=O) groups excluding carboxylic acids is 1. The van der Waals surface area contributed by atoms with E-state index in [9.17, 15) is 31.5 Å². The molecular formula is C27H31F5N2O4. The van der Waals surface area contributed by atoms with Gasteiger partial charge in [0.15, 0.2) is 0 Å². The van der Waals surface area contributed by atoms with E-state index in [1.807, 2.05) is 4.90 Å². The number of carboxylic acid groups (broad SMARTS) is 1. The molecule has 3 aliphatic rings. The van der Waals surface area contributed by atoms with Gasteiger partial charge in [0.2, 0.25) is 11.8 Å². The standard InChI is InChI=1S/C27H31F5N2O4/c1-17(18-5-7-19(8-6-18)23(35)36)33-24(37)25(10-12-26(28,29)13-11-25)34-14-9-22(16-34)38-21-4-2-3-20(15-21)27(30,31)32/h2-5,7-8,15,17-18,22H,6,9-14,16H2,1H3,(H,33,37)(H,35,36)/t17-,18?,22+/m0/s1. The van der Waals surface area contributed by atoms with E-state index >= 15 is 0 Å². The summed E-state index contributed by atoms with van der Waals surface area (Å²) in [5.41, 5.74) is -1.84. The van der Waals surface area contributed by atoms with Gasteiger partial charge in [-0.15, -0.1) is 0 Å². The highest BCUT2D eigenvalue weighted by Gasteiger charge is 2.53. The fourth-order valence-corrected chi connectivity index (χ4v) is 5.48. The molecule has 0 radical (unpaired) electrons. The smallest absolute Gasteiger partial charge is 0.416 e. The molecule has 0 spiro atoms. The van der Waals surface area contributed by atoms with Gasteiger partial charge in [-0.1, -0.05) is 24.3 Å². The number of hydrogen-bond donors (Lipinski definition) is 2. The normalized spacial score (nSPS) is 25.9. The van der Waals surface area contributed by atoms with E-state index in [2.05, 4.69) is 5.32 Å². The Hall–Kier alpha value is -2.95. The van der Waals surface area contributed by atoms with Crippen LogP contribution in [0.1, 0.15) is 51.0 Å². The van der Waals surface area contributed by atoms with Gasteiger partial charge in [-0.3, -0.25) is 9.69 Å². The molecule has 0 bridgehead atoms. The number of ether oxygens (including phenoxy) is 1. The van der Waals surface area contributed by atoms with Gasteiger partial charge in [-0.05, 0) is 50.8 Å². The van der Waals surface area contributed by atoms with Gasteiger partial charge < -0.3 is 15.2 Å². The Morgan fingerprint density at radius 2 is 1.89 bits per heavy atom. The Balaban J connectivity index is 1.46. The summed E-state index contributed by atoms with van der Waals surface area (Å²) in [5.74, 6) is -4.37. The van der Waals surface area contributed by atoms with E-state index in [0.29, 0.717) is 19.4 Å². The Kier molecular flexibility index (Phi) is 7.88. The fraction of sp³-hybridized carbons (Fsp3) is 0.556. The predicted molar refractivity (Wildman–Crippen MR) is 129 cm³/mol. The summed E-state index contributed by atoms with van der Waals surface area (Å²) >= 11 is 0. The van der Waals surface area contributed by atoms with Crippen molar-refractivity contribution in [2.75, 3.05) is 13.1 Å². The van der Waals surface area contributed by atoms with Crippen molar-refractivity contribution in [3.63, 3.8) is 0 Å². The molecule has 38 heavy (non-hydrogen) atoms. The van der Waals surface area contributed by atoms with Crippen LogP contribution in [-0.2, 0) is 15.8 Å². The van der Waals surface area contributed by atoms with E-state index in [-0.39, 0.29) is 48.6 Å². The summed E-state index contributed by atoms with van der Waals surface area (Å²) in [7, 11) is 0. The van der Waals surface area contributed by atoms with Crippen molar-refractivity contribution in [1.82, 2.24) is 10.2 Å². The van der Waals surface area contributed by atoms with E-state index < -0.39 is 48.1 Å². The van der Waals surface area contributed by atoms with E-state index in [1.54, 1.807) is 19.1 Å². The Morgan fingerprint density at radius 3 is 2.50 bits per heavy atom. The van der Waals surface area contributed by atoms with Gasteiger partial charge in [0.25, 0.3) is 0 Å². The van der Waals surface area contributed by atoms with Gasteiger partial charge in [0, 0.05) is 37.9 Å². The molecule has 6 nitrogen and oxygen atoms in total. The van der Waals surface area contributed by atoms with Gasteiger partial charge >= 0.3 is 12.1 Å². The number of carbonyl (C=O) groups is 2. The molecule has 1 unspecified atom stereocenters. The molecule has 4 rings (SSSR count). The number of rotatable bonds is 7. The number of nitrogens with one attached hydrogen (secondary N) is 1. The van der Waals surface area contributed by atoms with Gasteiger partial charge in [0.05, 0.1) is 11.1 Å². The molecule has 1 heterocycles. The van der Waals surface area contributed by atoms with Gasteiger partial charge in [0.1, 0.15) is 17.4 Å². The molecule has 1 saturated heterocycles. The third-order valence-corrected chi connectivity index (χ3v) is 7.83. The van der Waals surface area contributed by atoms with E-state index in [1.165, 1.54) is 18.2 Å². The zero-order chi connectivity index (χ0) is 27.7. The molecule has 2 fully saturated rings. The largest absolute Gasteiger partial charge is 0.489 e. The second-order valence-electron chi connectivity index (χ2n) is 10.4. The van der Waals surface area contributed by atoms with Crippen LogP contribution in [0.2, 0.25) is 0 Å². The first-order valence-electron chi connectivity index (χ1n) is 12.7. The van der Waals surface area contributed by atoms with Crippen molar-refractivity contribution in [3.8, 4) is 5.75 Å². The summed E-state index contributed by atoms with van der Waals surface area (Å²) in [6, 6.07) is 4.21. The van der Waals surface area contributed by atoms with Crippen LogP contribution < -0.4 is 10.1 Å². The van der Waals surface area contributed by atoms with Crippen molar-refractivity contribution < 1.29 is 41.4 Å². The lowest BCUT2D eigenvalue weighted by Gasteiger charge is -2.45. The zero-order valence-electron chi connectivity index (χ0n) is 20.9. The predicted octanol–water partition coefficient (Wildman–Crippen LogP) is 5.20. The number of nitrogens with zero attached hydrogens (tertiary/aromatic N) is 1. The first-order valence-corrected chi connectivity index (χ1v) is 12.7. The maximum absolute atomic E-state index is 14.1. The molecule has 208 valence electrons. The monoisotopic (exact) mass is 542 g/mol. The number of hydrogen-bond acceptors (Lipinski definition) is 4. The average Bonchev–Trinajstić information content (AvgIpc) is 3.32. The lowest BCUT2D eigenvalue weighted by Crippen LogP contribution is -2.62. The van der Waals surface area contributed by atoms with E-state index in [4.69, 9.17) is 9.84 Å². The van der Waals surface area contributed by atoms with Crippen molar-refractivity contribution in [3.05, 3.63) is 53.6 Å². The van der Waals surface area contributed by atoms with E-state index in [0.717, 1.165) is 12.1 Å². The van der Waals surface area contributed by atoms with Crippen molar-refractivity contribution >= 4 is 11.9 Å². The maximum Gasteiger partial charge on any atom is 0.416 e. The number of allylic oxidation sites excluding steroid dienone is 1. The SMILES string of the molecule is C[C@H](NC(=O)C1(N2CC[C@@H](Oc3cccc(C(F)(F)F)c3)C2)CCC(F)(F)CC1)C1C=CC(C(=O)O)=CC1. The van der Waals surface area contributed by atoms with Crippen molar-refractivity contribution in [2.45, 2.75) is 75.2 Å². The minimum atomic E-state index is -4.51. The summed E-state index contributed by atoms with van der Waals surface area (Å²) in [4.78, 5) is 26.6. The average molecular weight is 543 g/mol. The number of benzene rings is 1. The van der Waals surface area contributed by atoms with Crippen molar-refractivity contribution in [1.29, 1.82) is 0 Å². The summed E-state index contributed by atoms with van der Waals surface area (Å²) < 4.78 is 73.3. The lowest BCUT2D eigenvalue weighted by molar-refractivity contribution is -0.144. The minimum absolute atomic E-state index is 0.0571. The zero-order valence-corrected chi connectivity index (χ0v) is 20.9. The molecular weight excluding hydrogens is 511 g/mol. The fourth-order valence-electron chi connectivity index (χ4n) is 5.48.